The van der Waals surface area contributed by atoms with Gasteiger partial charge in [-0.3, -0.25) is 14.9 Å². The van der Waals surface area contributed by atoms with Gasteiger partial charge in [-0.25, -0.2) is 4.98 Å². The predicted octanol–water partition coefficient (Wildman–Crippen LogP) is 4.52. The molecule has 8 nitrogen and oxygen atoms in total. The number of hydrogen-bond acceptors (Lipinski definition) is 8. The summed E-state index contributed by atoms with van der Waals surface area (Å²) in [5, 5.41) is 27.3. The van der Waals surface area contributed by atoms with E-state index < -0.39 is 5.91 Å². The smallest absolute Gasteiger partial charge is 0.266 e. The summed E-state index contributed by atoms with van der Waals surface area (Å²) in [4.78, 5) is 30.1. The maximum Gasteiger partial charge on any atom is 0.266 e. The average Bonchev–Trinajstić information content (AvgIpc) is 3.48. The number of para-hydroxylation sites is 1. The number of hydrogen-bond donors (Lipinski definition) is 2. The molecule has 3 aromatic rings. The summed E-state index contributed by atoms with van der Waals surface area (Å²) in [7, 11) is 0. The Morgan fingerprint density at radius 2 is 2.00 bits per heavy atom. The highest BCUT2D eigenvalue weighted by molar-refractivity contribution is 7.16. The van der Waals surface area contributed by atoms with Gasteiger partial charge in [-0.05, 0) is 43.4 Å². The molecule has 1 aliphatic rings. The third-order valence-electron chi connectivity index (χ3n) is 5.13. The van der Waals surface area contributed by atoms with Crippen molar-refractivity contribution in [3.63, 3.8) is 0 Å². The van der Waals surface area contributed by atoms with E-state index in [1.807, 2.05) is 6.07 Å². The van der Waals surface area contributed by atoms with E-state index in [0.717, 1.165) is 36.1 Å². The highest BCUT2D eigenvalue weighted by Crippen LogP contribution is 2.37. The number of nitrogens with one attached hydrogen (secondary N) is 2. The number of nitriles is 2. The number of ether oxygens (including phenoxy) is 1. The Bertz CT molecular complexity index is 1330. The number of fused-ring (bicyclic) bond motifs is 1. The number of benzene rings is 1. The normalized spacial score (nSPS) is 12.7. The van der Waals surface area contributed by atoms with Gasteiger partial charge < -0.3 is 10.1 Å². The molecule has 0 aliphatic heterocycles. The second-order valence-electron chi connectivity index (χ2n) is 7.36. The Balaban J connectivity index is 1.49. The first-order valence-electron chi connectivity index (χ1n) is 10.5. The van der Waals surface area contributed by atoms with Crippen molar-refractivity contribution in [1.29, 1.82) is 10.5 Å². The second-order valence-corrected chi connectivity index (χ2v) is 9.36. The molecule has 1 aromatic carbocycles. The summed E-state index contributed by atoms with van der Waals surface area (Å²) >= 11 is 2.69. The number of carbonyl (C=O) groups excluding carboxylic acids is 2. The maximum absolute atomic E-state index is 12.9. The average molecular weight is 490 g/mol. The standard InChI is InChI=1S/C24H19N5O3S2/c25-12-16(22(31)29-23-18(13-26)17-6-2-4-8-20(17)34-23)11-15-5-1-3-7-19(15)32-14-21(30)28-24-27-9-10-33-24/h1,3,5,7,9-11H,2,4,6,8,14H2,(H,29,31)(H,27,28,30). The van der Waals surface area contributed by atoms with Crippen molar-refractivity contribution in [1.82, 2.24) is 4.98 Å². The molecule has 170 valence electrons. The van der Waals surface area contributed by atoms with E-state index in [-0.39, 0.29) is 18.1 Å². The van der Waals surface area contributed by atoms with Gasteiger partial charge in [0.2, 0.25) is 0 Å². The van der Waals surface area contributed by atoms with Crippen LogP contribution in [0, 0.1) is 22.7 Å². The minimum Gasteiger partial charge on any atom is -0.483 e. The largest absolute Gasteiger partial charge is 0.483 e. The van der Waals surface area contributed by atoms with Crippen LogP contribution in [-0.2, 0) is 22.4 Å². The minimum absolute atomic E-state index is 0.140. The Labute approximate surface area is 204 Å². The third-order valence-corrected chi connectivity index (χ3v) is 7.03. The van der Waals surface area contributed by atoms with Gasteiger partial charge in [0.1, 0.15) is 28.5 Å². The molecule has 10 heteroatoms. The van der Waals surface area contributed by atoms with Gasteiger partial charge in [0.15, 0.2) is 11.7 Å². The Morgan fingerprint density at radius 1 is 1.18 bits per heavy atom. The summed E-state index contributed by atoms with van der Waals surface area (Å²) < 4.78 is 5.62. The van der Waals surface area contributed by atoms with Gasteiger partial charge in [-0.2, -0.15) is 10.5 Å². The fourth-order valence-corrected chi connectivity index (χ4v) is 5.34. The molecule has 2 amide bonds. The number of thiazole rings is 1. The van der Waals surface area contributed by atoms with E-state index in [1.165, 1.54) is 28.7 Å². The van der Waals surface area contributed by atoms with Crippen LogP contribution in [0.15, 0.2) is 41.4 Å². The number of aromatic nitrogens is 1. The molecule has 0 saturated heterocycles. The van der Waals surface area contributed by atoms with Gasteiger partial charge in [0, 0.05) is 22.0 Å². The molecule has 0 fully saturated rings. The first kappa shape index (κ1) is 23.2. The number of amides is 2. The molecule has 2 aromatic heterocycles. The van der Waals surface area contributed by atoms with E-state index in [9.17, 15) is 20.1 Å². The van der Waals surface area contributed by atoms with Crippen LogP contribution in [-0.4, -0.2) is 23.4 Å². The van der Waals surface area contributed by atoms with E-state index in [0.29, 0.717) is 27.0 Å². The first-order valence-corrected chi connectivity index (χ1v) is 12.2. The zero-order valence-corrected chi connectivity index (χ0v) is 19.6. The quantitative estimate of drug-likeness (QED) is 0.371. The SMILES string of the molecule is N#CC(=Cc1ccccc1OCC(=O)Nc1nccs1)C(=O)Nc1sc2c(c1C#N)CCCC2. The lowest BCUT2D eigenvalue weighted by atomic mass is 9.96. The molecule has 4 rings (SSSR count). The number of rotatable bonds is 7. The zero-order valence-electron chi connectivity index (χ0n) is 18.0. The molecule has 0 bridgehead atoms. The van der Waals surface area contributed by atoms with Gasteiger partial charge in [0.25, 0.3) is 11.8 Å². The molecule has 0 saturated carbocycles. The molecule has 0 atom stereocenters. The second kappa shape index (κ2) is 10.8. The highest BCUT2D eigenvalue weighted by Gasteiger charge is 2.23. The van der Waals surface area contributed by atoms with E-state index in [4.69, 9.17) is 4.74 Å². The van der Waals surface area contributed by atoms with Crippen LogP contribution in [0.2, 0.25) is 0 Å². The summed E-state index contributed by atoms with van der Waals surface area (Å²) in [6.07, 6.45) is 6.80. The van der Waals surface area contributed by atoms with Crippen LogP contribution in [0.4, 0.5) is 10.1 Å². The van der Waals surface area contributed by atoms with Gasteiger partial charge in [-0.1, -0.05) is 18.2 Å². The molecule has 0 unspecified atom stereocenters. The lowest BCUT2D eigenvalue weighted by Gasteiger charge is -2.09. The molecular formula is C24H19N5O3S2. The van der Waals surface area contributed by atoms with Crippen molar-refractivity contribution in [2.75, 3.05) is 17.2 Å². The first-order chi connectivity index (χ1) is 16.6. The Hall–Kier alpha value is -3.99. The molecule has 0 spiro atoms. The Morgan fingerprint density at radius 3 is 2.76 bits per heavy atom. The minimum atomic E-state index is -0.603. The van der Waals surface area contributed by atoms with Gasteiger partial charge in [-0.15, -0.1) is 22.7 Å². The van der Waals surface area contributed by atoms with Crippen molar-refractivity contribution >= 4 is 50.7 Å². The molecule has 0 radical (unpaired) electrons. The summed E-state index contributed by atoms with van der Waals surface area (Å²) in [5.74, 6) is -0.631. The highest BCUT2D eigenvalue weighted by atomic mass is 32.1. The van der Waals surface area contributed by atoms with Crippen molar-refractivity contribution in [3.8, 4) is 17.9 Å². The number of nitrogens with zero attached hydrogens (tertiary/aromatic N) is 3. The number of carbonyl (C=O) groups is 2. The van der Waals surface area contributed by atoms with Crippen LogP contribution < -0.4 is 15.4 Å². The topological polar surface area (TPSA) is 128 Å². The number of thiophene rings is 1. The molecule has 2 heterocycles. The predicted molar refractivity (Wildman–Crippen MR) is 131 cm³/mol. The summed E-state index contributed by atoms with van der Waals surface area (Å²) in [6.45, 7) is -0.259. The fraction of sp³-hybridized carbons (Fsp3) is 0.208. The van der Waals surface area contributed by atoms with Crippen LogP contribution >= 0.6 is 22.7 Å². The molecule has 34 heavy (non-hydrogen) atoms. The lowest BCUT2D eigenvalue weighted by molar-refractivity contribution is -0.118. The van der Waals surface area contributed by atoms with Crippen LogP contribution in [0.3, 0.4) is 0 Å². The van der Waals surface area contributed by atoms with Crippen molar-refractivity contribution in [3.05, 3.63) is 63.0 Å². The van der Waals surface area contributed by atoms with Crippen LogP contribution in [0.25, 0.3) is 6.08 Å². The van der Waals surface area contributed by atoms with Crippen molar-refractivity contribution in [2.45, 2.75) is 25.7 Å². The van der Waals surface area contributed by atoms with Gasteiger partial charge in [0.05, 0.1) is 5.56 Å². The van der Waals surface area contributed by atoms with Crippen LogP contribution in [0.1, 0.15) is 34.4 Å². The molecule has 2 N–H and O–H groups in total. The van der Waals surface area contributed by atoms with E-state index >= 15 is 0 Å². The third kappa shape index (κ3) is 5.31. The number of anilines is 2. The van der Waals surface area contributed by atoms with Gasteiger partial charge >= 0.3 is 0 Å². The molecule has 1 aliphatic carbocycles. The molecular weight excluding hydrogens is 470 g/mol. The van der Waals surface area contributed by atoms with E-state index in [2.05, 4.69) is 21.7 Å². The van der Waals surface area contributed by atoms with Crippen molar-refractivity contribution in [2.24, 2.45) is 0 Å². The van der Waals surface area contributed by atoms with E-state index in [1.54, 1.807) is 35.8 Å². The lowest BCUT2D eigenvalue weighted by Crippen LogP contribution is -2.20. The van der Waals surface area contributed by atoms with Crippen LogP contribution in [0.5, 0.6) is 5.75 Å². The summed E-state index contributed by atoms with van der Waals surface area (Å²) in [6, 6.07) is 10.9. The maximum atomic E-state index is 12.9. The summed E-state index contributed by atoms with van der Waals surface area (Å²) in [5.41, 5.74) is 1.83. The Kier molecular flexibility index (Phi) is 7.33. The monoisotopic (exact) mass is 489 g/mol. The fourth-order valence-electron chi connectivity index (χ4n) is 3.56. The zero-order chi connectivity index (χ0) is 23.9. The number of aryl methyl sites for hydroxylation is 1. The van der Waals surface area contributed by atoms with Crippen molar-refractivity contribution < 1.29 is 14.3 Å².